The predicted molar refractivity (Wildman–Crippen MR) is 263 cm³/mol. The molecule has 0 saturated heterocycles. The minimum absolute atomic E-state index is 0.000640. The van der Waals surface area contributed by atoms with Crippen LogP contribution >= 0.6 is 0 Å². The summed E-state index contributed by atoms with van der Waals surface area (Å²) in [5.74, 6) is 0. The summed E-state index contributed by atoms with van der Waals surface area (Å²) in [5, 5.41) is 0. The maximum atomic E-state index is 2.55. The molecule has 0 heterocycles. The van der Waals surface area contributed by atoms with Crippen LogP contribution in [-0.2, 0) is 27.1 Å². The molecule has 0 amide bonds. The van der Waals surface area contributed by atoms with Crippen molar-refractivity contribution in [2.45, 2.75) is 150 Å². The molecule has 7 rings (SSSR count). The van der Waals surface area contributed by atoms with Crippen molar-refractivity contribution < 1.29 is 0 Å². The van der Waals surface area contributed by atoms with Crippen molar-refractivity contribution in [2.24, 2.45) is 0 Å². The molecule has 6 aromatic carbocycles. The van der Waals surface area contributed by atoms with E-state index in [1.807, 2.05) is 0 Å². The van der Waals surface area contributed by atoms with E-state index in [-0.39, 0.29) is 27.1 Å². The average molecular weight is 794 g/mol. The van der Waals surface area contributed by atoms with Gasteiger partial charge in [0.2, 0.25) is 0 Å². The third-order valence-corrected chi connectivity index (χ3v) is 13.1. The molecule has 0 N–H and O–H groups in total. The average Bonchev–Trinajstić information content (AvgIpc) is 3.45. The summed E-state index contributed by atoms with van der Waals surface area (Å²) >= 11 is 0. The van der Waals surface area contributed by atoms with Gasteiger partial charge in [0.05, 0.1) is 0 Å². The first kappa shape index (κ1) is 43.2. The molecule has 0 fully saturated rings. The van der Waals surface area contributed by atoms with Crippen molar-refractivity contribution in [3.63, 3.8) is 0 Å². The van der Waals surface area contributed by atoms with Crippen LogP contribution in [0.3, 0.4) is 0 Å². The second-order valence-electron chi connectivity index (χ2n) is 21.9. The fourth-order valence-corrected chi connectivity index (χ4v) is 9.52. The molecule has 1 aliphatic carbocycles. The fourth-order valence-electron chi connectivity index (χ4n) is 9.52. The summed E-state index contributed by atoms with van der Waals surface area (Å²) in [4.78, 5) is 2.52. The Morgan fingerprint density at radius 2 is 0.783 bits per heavy atom. The van der Waals surface area contributed by atoms with Crippen LogP contribution in [0.25, 0.3) is 33.4 Å². The highest BCUT2D eigenvalue weighted by Gasteiger charge is 2.42. The number of hydrogen-bond acceptors (Lipinski definition) is 1. The molecule has 0 unspecified atom stereocenters. The Hall–Kier alpha value is -4.88. The van der Waals surface area contributed by atoms with Gasteiger partial charge >= 0.3 is 0 Å². The predicted octanol–water partition coefficient (Wildman–Crippen LogP) is 17.5. The Kier molecular flexibility index (Phi) is 11.4. The second kappa shape index (κ2) is 15.9. The number of nitrogens with zero attached hydrogens (tertiary/aromatic N) is 1. The van der Waals surface area contributed by atoms with Crippen molar-refractivity contribution in [3.8, 4) is 33.4 Å². The van der Waals surface area contributed by atoms with Gasteiger partial charge in [-0.2, -0.15) is 0 Å². The summed E-state index contributed by atoms with van der Waals surface area (Å²) in [6, 6.07) is 49.7. The third kappa shape index (κ3) is 8.39. The zero-order chi connectivity index (χ0) is 43.4. The molecular formula is C59H71N. The lowest BCUT2D eigenvalue weighted by Crippen LogP contribution is -2.25. The van der Waals surface area contributed by atoms with Crippen LogP contribution in [0.2, 0.25) is 0 Å². The monoisotopic (exact) mass is 794 g/mol. The normalized spacial score (nSPS) is 13.9. The molecule has 312 valence electrons. The zero-order valence-corrected chi connectivity index (χ0v) is 39.4. The van der Waals surface area contributed by atoms with Gasteiger partial charge in [-0.05, 0) is 144 Å². The van der Waals surface area contributed by atoms with Gasteiger partial charge in [0.25, 0.3) is 0 Å². The molecule has 0 aliphatic heterocycles. The van der Waals surface area contributed by atoms with E-state index in [1.165, 1.54) is 72.4 Å². The van der Waals surface area contributed by atoms with E-state index in [0.717, 1.165) is 37.1 Å². The zero-order valence-electron chi connectivity index (χ0n) is 39.4. The molecule has 1 nitrogen and oxygen atoms in total. The van der Waals surface area contributed by atoms with Crippen molar-refractivity contribution in [2.75, 3.05) is 4.90 Å². The third-order valence-electron chi connectivity index (χ3n) is 13.1. The quantitative estimate of drug-likeness (QED) is 0.141. The smallest absolute Gasteiger partial charge is 0.0473 e. The van der Waals surface area contributed by atoms with E-state index >= 15 is 0 Å². The highest BCUT2D eigenvalue weighted by Crippen LogP contribution is 2.55. The van der Waals surface area contributed by atoms with Crippen molar-refractivity contribution in [3.05, 3.63) is 161 Å². The summed E-state index contributed by atoms with van der Waals surface area (Å²) in [6.45, 7) is 32.8. The fraction of sp³-hybridized carbons (Fsp3) is 0.390. The molecule has 6 aromatic rings. The maximum Gasteiger partial charge on any atom is 0.0473 e. The van der Waals surface area contributed by atoms with Gasteiger partial charge in [0, 0.05) is 22.5 Å². The van der Waals surface area contributed by atoms with Crippen molar-refractivity contribution in [1.82, 2.24) is 0 Å². The van der Waals surface area contributed by atoms with Crippen LogP contribution in [0.1, 0.15) is 156 Å². The summed E-state index contributed by atoms with van der Waals surface area (Å²) in [6.07, 6.45) is 4.56. The molecule has 1 aliphatic rings. The molecule has 0 aromatic heterocycles. The van der Waals surface area contributed by atoms with E-state index in [0.29, 0.717) is 0 Å². The first-order valence-corrected chi connectivity index (χ1v) is 22.7. The lowest BCUT2D eigenvalue weighted by atomic mass is 9.71. The highest BCUT2D eigenvalue weighted by atomic mass is 15.1. The molecule has 0 radical (unpaired) electrons. The van der Waals surface area contributed by atoms with E-state index in [2.05, 4.69) is 229 Å². The number of benzene rings is 6. The summed E-state index contributed by atoms with van der Waals surface area (Å²) < 4.78 is 0. The van der Waals surface area contributed by atoms with Gasteiger partial charge in [-0.15, -0.1) is 0 Å². The van der Waals surface area contributed by atoms with E-state index < -0.39 is 0 Å². The van der Waals surface area contributed by atoms with Crippen LogP contribution in [0.4, 0.5) is 17.1 Å². The number of para-hydroxylation sites is 1. The Bertz CT molecular complexity index is 2320. The van der Waals surface area contributed by atoms with Gasteiger partial charge < -0.3 is 4.90 Å². The summed E-state index contributed by atoms with van der Waals surface area (Å²) in [7, 11) is 0. The van der Waals surface area contributed by atoms with E-state index in [1.54, 1.807) is 0 Å². The van der Waals surface area contributed by atoms with Crippen LogP contribution < -0.4 is 4.90 Å². The standard InChI is InChI=1S/C59H71N/c1-15-28-59(29-16-2)53-25-21-20-24-51(53)52-27-26-49(39-54(52)59)60(48-22-18-17-19-23-48)50-35-40(42-31-44(55(3,4)5)37-45(32-42)56(6,7)8)30-41(36-50)43-33-46(57(9,10)11)38-47(34-43)58(12,13)14/h17-27,30-39H,15-16,28-29H2,1-14H3. The number of rotatable bonds is 9. The number of hydrogen-bond donors (Lipinski definition) is 0. The van der Waals surface area contributed by atoms with Gasteiger partial charge in [0.1, 0.15) is 0 Å². The Balaban J connectivity index is 1.55. The van der Waals surface area contributed by atoms with Crippen LogP contribution in [0, 0.1) is 0 Å². The Morgan fingerprint density at radius 3 is 1.23 bits per heavy atom. The topological polar surface area (TPSA) is 3.24 Å². The van der Waals surface area contributed by atoms with Crippen LogP contribution in [0.15, 0.2) is 127 Å². The van der Waals surface area contributed by atoms with Gasteiger partial charge in [-0.1, -0.05) is 195 Å². The van der Waals surface area contributed by atoms with E-state index in [4.69, 9.17) is 0 Å². The number of fused-ring (bicyclic) bond motifs is 3. The summed E-state index contributed by atoms with van der Waals surface area (Å²) in [5.41, 5.74) is 19.7. The lowest BCUT2D eigenvalue weighted by molar-refractivity contribution is 0.436. The van der Waals surface area contributed by atoms with Gasteiger partial charge in [0.15, 0.2) is 0 Å². The Morgan fingerprint density at radius 1 is 0.367 bits per heavy atom. The minimum atomic E-state index is -0.00565. The molecular weight excluding hydrogens is 723 g/mol. The van der Waals surface area contributed by atoms with Crippen molar-refractivity contribution in [1.29, 1.82) is 0 Å². The first-order valence-electron chi connectivity index (χ1n) is 22.7. The lowest BCUT2D eigenvalue weighted by Gasteiger charge is -2.33. The van der Waals surface area contributed by atoms with E-state index in [9.17, 15) is 0 Å². The second-order valence-corrected chi connectivity index (χ2v) is 21.9. The van der Waals surface area contributed by atoms with Crippen LogP contribution in [-0.4, -0.2) is 0 Å². The molecule has 0 spiro atoms. The molecule has 1 heteroatoms. The maximum absolute atomic E-state index is 2.55. The SMILES string of the molecule is CCCC1(CCC)c2ccccc2-c2ccc(N(c3ccccc3)c3cc(-c4cc(C(C)(C)C)cc(C(C)(C)C)c4)cc(-c4cc(C(C)(C)C)cc(C(C)(C)C)c4)c3)cc21. The minimum Gasteiger partial charge on any atom is -0.310 e. The highest BCUT2D eigenvalue weighted by molar-refractivity contribution is 5.89. The number of anilines is 3. The van der Waals surface area contributed by atoms with Crippen LogP contribution in [0.5, 0.6) is 0 Å². The molecule has 0 bridgehead atoms. The molecule has 0 saturated carbocycles. The first-order chi connectivity index (χ1) is 28.1. The van der Waals surface area contributed by atoms with Crippen molar-refractivity contribution >= 4 is 17.1 Å². The molecule has 60 heavy (non-hydrogen) atoms. The van der Waals surface area contributed by atoms with Gasteiger partial charge in [-0.25, -0.2) is 0 Å². The molecule has 0 atom stereocenters. The Labute approximate surface area is 364 Å². The largest absolute Gasteiger partial charge is 0.310 e. The van der Waals surface area contributed by atoms with Gasteiger partial charge in [-0.3, -0.25) is 0 Å².